The van der Waals surface area contributed by atoms with E-state index in [-0.39, 0.29) is 5.56 Å². The second-order valence-electron chi connectivity index (χ2n) is 8.58. The lowest BCUT2D eigenvalue weighted by atomic mass is 9.83. The molecule has 150 valence electrons. The Kier molecular flexibility index (Phi) is 4.54. The number of hydrogen-bond acceptors (Lipinski definition) is 5. The van der Waals surface area contributed by atoms with Crippen molar-refractivity contribution in [2.45, 2.75) is 45.2 Å². The maximum atomic E-state index is 13.1. The summed E-state index contributed by atoms with van der Waals surface area (Å²) >= 11 is 0. The highest BCUT2D eigenvalue weighted by atomic mass is 16.1. The summed E-state index contributed by atoms with van der Waals surface area (Å²) in [6.45, 7) is 7.80. The third-order valence-corrected chi connectivity index (χ3v) is 6.07. The first-order chi connectivity index (χ1) is 14.1. The first-order valence-electron chi connectivity index (χ1n) is 10.4. The summed E-state index contributed by atoms with van der Waals surface area (Å²) in [6.07, 6.45) is 6.46. The van der Waals surface area contributed by atoms with E-state index in [2.05, 4.69) is 39.8 Å². The largest absolute Gasteiger partial charge is 0.344 e. The maximum Gasteiger partial charge on any atom is 0.261 e. The Hall–Kier alpha value is -2.80. The Morgan fingerprint density at radius 2 is 2.03 bits per heavy atom. The summed E-state index contributed by atoms with van der Waals surface area (Å²) in [5.74, 6) is 2.75. The van der Waals surface area contributed by atoms with Crippen LogP contribution in [0.3, 0.4) is 0 Å². The number of fused-ring (bicyclic) bond motifs is 4. The van der Waals surface area contributed by atoms with Crippen LogP contribution < -0.4 is 5.56 Å². The molecule has 1 N–H and O–H groups in total. The van der Waals surface area contributed by atoms with Gasteiger partial charge in [0.25, 0.3) is 5.56 Å². The first-order valence-corrected chi connectivity index (χ1v) is 10.4. The number of hydrogen-bond donors (Lipinski definition) is 1. The van der Waals surface area contributed by atoms with Crippen LogP contribution in [0.4, 0.5) is 0 Å². The van der Waals surface area contributed by atoms with Crippen molar-refractivity contribution in [1.29, 1.82) is 0 Å². The van der Waals surface area contributed by atoms with E-state index in [0.29, 0.717) is 29.1 Å². The molecule has 2 aliphatic heterocycles. The Morgan fingerprint density at radius 1 is 1.14 bits per heavy atom. The van der Waals surface area contributed by atoms with Crippen LogP contribution in [0.25, 0.3) is 11.4 Å². The fraction of sp³-hybridized carbons (Fsp3) is 0.455. The monoisotopic (exact) mass is 390 g/mol. The van der Waals surface area contributed by atoms with Gasteiger partial charge in [0.1, 0.15) is 11.6 Å². The number of H-pyrrole nitrogens is 1. The highest BCUT2D eigenvalue weighted by molar-refractivity contribution is 5.53. The molecule has 0 unspecified atom stereocenters. The fourth-order valence-corrected chi connectivity index (χ4v) is 4.78. The molecule has 3 aromatic heterocycles. The SMILES string of the molecule is CC(C)c1nccc(CN2C[C@@H]3C[C@H](C2)c2ccc(-c4ncc[nH]4)c(=O)n2C3)n1. The molecule has 1 saturated heterocycles. The molecule has 0 radical (unpaired) electrons. The minimum atomic E-state index is 0.0676. The van der Waals surface area contributed by atoms with E-state index < -0.39 is 0 Å². The molecular weight excluding hydrogens is 364 g/mol. The Morgan fingerprint density at radius 3 is 2.83 bits per heavy atom. The van der Waals surface area contributed by atoms with Crippen LogP contribution in [-0.2, 0) is 13.1 Å². The predicted octanol–water partition coefficient (Wildman–Crippen LogP) is 2.77. The highest BCUT2D eigenvalue weighted by Crippen LogP contribution is 2.36. The molecule has 0 aromatic carbocycles. The first kappa shape index (κ1) is 18.2. The van der Waals surface area contributed by atoms with Crippen LogP contribution in [0.5, 0.6) is 0 Å². The molecule has 2 aliphatic rings. The van der Waals surface area contributed by atoms with Gasteiger partial charge in [-0.05, 0) is 30.5 Å². The van der Waals surface area contributed by atoms with E-state index in [1.54, 1.807) is 12.4 Å². The van der Waals surface area contributed by atoms with Crippen LogP contribution in [0.15, 0.2) is 41.6 Å². The summed E-state index contributed by atoms with van der Waals surface area (Å²) in [6, 6.07) is 6.06. The predicted molar refractivity (Wildman–Crippen MR) is 111 cm³/mol. The van der Waals surface area contributed by atoms with Gasteiger partial charge < -0.3 is 9.55 Å². The molecule has 2 bridgehead atoms. The van der Waals surface area contributed by atoms with Crippen LogP contribution in [0.2, 0.25) is 0 Å². The van der Waals surface area contributed by atoms with E-state index in [0.717, 1.165) is 49.8 Å². The number of piperidine rings is 1. The van der Waals surface area contributed by atoms with Crippen molar-refractivity contribution in [3.8, 4) is 11.4 Å². The summed E-state index contributed by atoms with van der Waals surface area (Å²) in [7, 11) is 0. The van der Waals surface area contributed by atoms with E-state index >= 15 is 0 Å². The lowest BCUT2D eigenvalue weighted by Gasteiger charge is -2.42. The zero-order valence-corrected chi connectivity index (χ0v) is 16.9. The van der Waals surface area contributed by atoms with Crippen LogP contribution in [-0.4, -0.2) is 42.5 Å². The molecule has 0 aliphatic carbocycles. The van der Waals surface area contributed by atoms with E-state index in [9.17, 15) is 4.79 Å². The number of likely N-dealkylation sites (tertiary alicyclic amines) is 1. The third kappa shape index (κ3) is 3.40. The van der Waals surface area contributed by atoms with Crippen molar-refractivity contribution in [3.63, 3.8) is 0 Å². The van der Waals surface area contributed by atoms with Crippen molar-refractivity contribution in [3.05, 3.63) is 64.4 Å². The number of nitrogens with one attached hydrogen (secondary N) is 1. The van der Waals surface area contributed by atoms with Crippen LogP contribution >= 0.6 is 0 Å². The molecule has 2 atom stereocenters. The minimum absolute atomic E-state index is 0.0676. The Bertz CT molecular complexity index is 1070. The number of imidazole rings is 1. The van der Waals surface area contributed by atoms with Gasteiger partial charge in [0, 0.05) is 62.3 Å². The molecule has 7 nitrogen and oxygen atoms in total. The van der Waals surface area contributed by atoms with Crippen molar-refractivity contribution in [2.75, 3.05) is 13.1 Å². The van der Waals surface area contributed by atoms with Gasteiger partial charge in [-0.2, -0.15) is 0 Å². The third-order valence-electron chi connectivity index (χ3n) is 6.07. The van der Waals surface area contributed by atoms with Gasteiger partial charge in [-0.25, -0.2) is 15.0 Å². The maximum absolute atomic E-state index is 13.1. The van der Waals surface area contributed by atoms with Gasteiger partial charge in [-0.3, -0.25) is 9.69 Å². The molecule has 7 heteroatoms. The second-order valence-corrected chi connectivity index (χ2v) is 8.58. The van der Waals surface area contributed by atoms with E-state index in [1.165, 1.54) is 0 Å². The normalized spacial score (nSPS) is 21.3. The average Bonchev–Trinajstić information content (AvgIpc) is 3.23. The highest BCUT2D eigenvalue weighted by Gasteiger charge is 2.35. The molecule has 0 amide bonds. The van der Waals surface area contributed by atoms with Crippen molar-refractivity contribution in [2.24, 2.45) is 5.92 Å². The molecule has 1 fully saturated rings. The van der Waals surface area contributed by atoms with Crippen LogP contribution in [0, 0.1) is 5.92 Å². The van der Waals surface area contributed by atoms with Gasteiger partial charge in [0.05, 0.1) is 11.3 Å². The second kappa shape index (κ2) is 7.22. The van der Waals surface area contributed by atoms with Gasteiger partial charge in [-0.15, -0.1) is 0 Å². The minimum Gasteiger partial charge on any atom is -0.344 e. The molecule has 5 heterocycles. The van der Waals surface area contributed by atoms with Crippen LogP contribution in [0.1, 0.15) is 49.3 Å². The number of rotatable bonds is 4. The molecule has 3 aromatic rings. The molecule has 5 rings (SSSR count). The fourth-order valence-electron chi connectivity index (χ4n) is 4.78. The quantitative estimate of drug-likeness (QED) is 0.741. The molecule has 29 heavy (non-hydrogen) atoms. The Balaban J connectivity index is 1.39. The van der Waals surface area contributed by atoms with E-state index in [1.807, 2.05) is 22.9 Å². The smallest absolute Gasteiger partial charge is 0.261 e. The number of aromatic nitrogens is 5. The van der Waals surface area contributed by atoms with E-state index in [4.69, 9.17) is 4.98 Å². The lowest BCUT2D eigenvalue weighted by molar-refractivity contribution is 0.113. The lowest BCUT2D eigenvalue weighted by Crippen LogP contribution is -2.47. The summed E-state index contributed by atoms with van der Waals surface area (Å²) in [5, 5.41) is 0. The average molecular weight is 390 g/mol. The molecule has 0 spiro atoms. The summed E-state index contributed by atoms with van der Waals surface area (Å²) < 4.78 is 1.98. The van der Waals surface area contributed by atoms with Crippen molar-refractivity contribution >= 4 is 0 Å². The zero-order valence-electron chi connectivity index (χ0n) is 16.9. The number of aromatic amines is 1. The standard InChI is InChI=1S/C22H26N6O/c1-14(2)20-23-6-5-17(26-20)13-27-10-15-9-16(12-27)19-4-3-18(21-24-7-8-25-21)22(29)28(19)11-15/h3-8,14-16H,9-13H2,1-2H3,(H,24,25)/t15-,16+/m0/s1. The van der Waals surface area contributed by atoms with Crippen molar-refractivity contribution in [1.82, 2.24) is 29.4 Å². The molecule has 0 saturated carbocycles. The van der Waals surface area contributed by atoms with Gasteiger partial charge in [0.15, 0.2) is 0 Å². The van der Waals surface area contributed by atoms with Gasteiger partial charge >= 0.3 is 0 Å². The summed E-state index contributed by atoms with van der Waals surface area (Å²) in [5.41, 5.74) is 2.95. The summed E-state index contributed by atoms with van der Waals surface area (Å²) in [4.78, 5) is 32.0. The molecular formula is C22H26N6O. The zero-order chi connectivity index (χ0) is 20.0. The van der Waals surface area contributed by atoms with Crippen molar-refractivity contribution < 1.29 is 0 Å². The topological polar surface area (TPSA) is 79.7 Å². The van der Waals surface area contributed by atoms with Gasteiger partial charge in [0.2, 0.25) is 0 Å². The number of pyridine rings is 1. The Labute approximate surface area is 169 Å². The van der Waals surface area contributed by atoms with Gasteiger partial charge in [-0.1, -0.05) is 13.8 Å². The number of nitrogens with zero attached hydrogens (tertiary/aromatic N) is 5.